The number of benzene rings is 2. The van der Waals surface area contributed by atoms with Gasteiger partial charge in [-0.3, -0.25) is 9.59 Å². The average molecular weight is 633 g/mol. The Morgan fingerprint density at radius 2 is 1.62 bits per heavy atom. The van der Waals surface area contributed by atoms with Gasteiger partial charge in [-0.1, -0.05) is 30.3 Å². The molecular weight excluding hydrogens is 591 g/mol. The molecule has 3 aromatic rings. The highest BCUT2D eigenvalue weighted by Crippen LogP contribution is 2.34. The summed E-state index contributed by atoms with van der Waals surface area (Å²) in [5, 5.41) is 3.20. The summed E-state index contributed by atoms with van der Waals surface area (Å²) in [6, 6.07) is 16.6. The highest BCUT2D eigenvalue weighted by molar-refractivity contribution is 7.99. The average Bonchev–Trinajstić information content (AvgIpc) is 3.90. The SMILES string of the molecule is O=C(N[C@H]1CC[C@@H](CC(=O)c2cc(F)cnc2OC2CCSCC2)CC1)c1ccc(OCc2ccccc2)cc1OCC1CC1. The van der Waals surface area contributed by atoms with Gasteiger partial charge >= 0.3 is 0 Å². The van der Waals surface area contributed by atoms with Crippen molar-refractivity contribution in [1.29, 1.82) is 0 Å². The van der Waals surface area contributed by atoms with E-state index in [2.05, 4.69) is 10.3 Å². The van der Waals surface area contributed by atoms with Gasteiger partial charge < -0.3 is 19.5 Å². The van der Waals surface area contributed by atoms with Gasteiger partial charge in [0, 0.05) is 18.5 Å². The van der Waals surface area contributed by atoms with E-state index < -0.39 is 5.82 Å². The van der Waals surface area contributed by atoms with Crippen molar-refractivity contribution in [2.24, 2.45) is 11.8 Å². The number of aromatic nitrogens is 1. The molecule has 0 bridgehead atoms. The van der Waals surface area contributed by atoms with Crippen molar-refractivity contribution in [3.8, 4) is 17.4 Å². The van der Waals surface area contributed by atoms with Crippen LogP contribution in [0.4, 0.5) is 4.39 Å². The molecular formula is C36H41FN2O5S. The standard InChI is InChI=1S/C36H41FN2O5S/c37-27-19-32(36(38-21-27)44-29-14-16-45-17-15-29)33(40)18-24-8-10-28(11-9-24)39-35(41)31-13-12-30(20-34(31)43-23-26-6-7-26)42-22-25-4-2-1-3-5-25/h1-5,12-13,19-21,24,26,28-29H,6-11,14-18,22-23H2,(H,39,41)/t24-,28+. The van der Waals surface area contributed by atoms with Gasteiger partial charge in [0.05, 0.1) is 23.9 Å². The maximum atomic E-state index is 14.1. The van der Waals surface area contributed by atoms with E-state index in [-0.39, 0.29) is 41.2 Å². The number of halogens is 1. The maximum absolute atomic E-state index is 14.1. The largest absolute Gasteiger partial charge is 0.492 e. The van der Waals surface area contributed by atoms with Gasteiger partial charge in [-0.15, -0.1) is 0 Å². The zero-order valence-corrected chi connectivity index (χ0v) is 26.4. The minimum absolute atomic E-state index is 0.00690. The van der Waals surface area contributed by atoms with Crippen LogP contribution >= 0.6 is 11.8 Å². The van der Waals surface area contributed by atoms with Gasteiger partial charge in [-0.2, -0.15) is 11.8 Å². The van der Waals surface area contributed by atoms with Crippen LogP contribution in [0.5, 0.6) is 17.4 Å². The first-order valence-electron chi connectivity index (χ1n) is 16.2. The van der Waals surface area contributed by atoms with Crippen LogP contribution in [0.3, 0.4) is 0 Å². The van der Waals surface area contributed by atoms with E-state index >= 15 is 0 Å². The van der Waals surface area contributed by atoms with E-state index in [1.165, 1.54) is 6.07 Å². The molecule has 6 rings (SSSR count). The van der Waals surface area contributed by atoms with Crippen LogP contribution in [0.2, 0.25) is 0 Å². The molecule has 1 N–H and O–H groups in total. The molecule has 2 aliphatic carbocycles. The minimum atomic E-state index is -0.535. The summed E-state index contributed by atoms with van der Waals surface area (Å²) >= 11 is 1.89. The molecule has 3 aliphatic rings. The number of amides is 1. The molecule has 45 heavy (non-hydrogen) atoms. The Balaban J connectivity index is 1.03. The number of nitrogens with zero attached hydrogens (tertiary/aromatic N) is 1. The van der Waals surface area contributed by atoms with E-state index in [0.717, 1.165) is 74.6 Å². The summed E-state index contributed by atoms with van der Waals surface area (Å²) in [5.74, 6) is 3.34. The second-order valence-electron chi connectivity index (χ2n) is 12.4. The molecule has 3 fully saturated rings. The number of thioether (sulfide) groups is 1. The maximum Gasteiger partial charge on any atom is 0.255 e. The first kappa shape index (κ1) is 31.4. The van der Waals surface area contributed by atoms with Crippen LogP contribution in [0.15, 0.2) is 60.8 Å². The highest BCUT2D eigenvalue weighted by atomic mass is 32.2. The number of ketones is 1. The predicted octanol–water partition coefficient (Wildman–Crippen LogP) is 7.42. The Morgan fingerprint density at radius 3 is 2.38 bits per heavy atom. The Kier molecular flexibility index (Phi) is 10.6. The first-order valence-corrected chi connectivity index (χ1v) is 17.3. The van der Waals surface area contributed by atoms with Crippen LogP contribution in [0, 0.1) is 17.7 Å². The van der Waals surface area contributed by atoms with Gasteiger partial charge in [0.1, 0.15) is 30.0 Å². The minimum Gasteiger partial charge on any atom is -0.492 e. The fraction of sp³-hybridized carbons (Fsp3) is 0.472. The number of hydrogen-bond acceptors (Lipinski definition) is 7. The molecule has 2 heterocycles. The normalized spacial score (nSPS) is 20.3. The van der Waals surface area contributed by atoms with Crippen LogP contribution in [0.25, 0.3) is 0 Å². The molecule has 0 unspecified atom stereocenters. The molecule has 0 radical (unpaired) electrons. The molecule has 1 aliphatic heterocycles. The molecule has 0 spiro atoms. The quantitative estimate of drug-likeness (QED) is 0.196. The van der Waals surface area contributed by atoms with Crippen molar-refractivity contribution in [2.75, 3.05) is 18.1 Å². The van der Waals surface area contributed by atoms with Gasteiger partial charge in [0.15, 0.2) is 5.78 Å². The molecule has 2 aromatic carbocycles. The van der Waals surface area contributed by atoms with E-state index in [1.807, 2.05) is 54.2 Å². The number of nitrogens with one attached hydrogen (secondary N) is 1. The van der Waals surface area contributed by atoms with Crippen LogP contribution in [0.1, 0.15) is 84.1 Å². The Hall–Kier alpha value is -3.59. The lowest BCUT2D eigenvalue weighted by Crippen LogP contribution is -2.38. The summed E-state index contributed by atoms with van der Waals surface area (Å²) < 4.78 is 32.3. The van der Waals surface area contributed by atoms with Crippen molar-refractivity contribution >= 4 is 23.5 Å². The summed E-state index contributed by atoms with van der Waals surface area (Å²) in [5.41, 5.74) is 1.80. The molecule has 238 valence electrons. The third-order valence-corrected chi connectivity index (χ3v) is 9.89. The first-order chi connectivity index (χ1) is 22.0. The lowest BCUT2D eigenvalue weighted by atomic mass is 9.82. The van der Waals surface area contributed by atoms with Gasteiger partial charge in [0.2, 0.25) is 5.88 Å². The Bertz CT molecular complexity index is 1450. The third kappa shape index (κ3) is 9.00. The lowest BCUT2D eigenvalue weighted by Gasteiger charge is -2.29. The third-order valence-electron chi connectivity index (χ3n) is 8.84. The van der Waals surface area contributed by atoms with Crippen molar-refractivity contribution < 1.29 is 28.2 Å². The number of pyridine rings is 1. The van der Waals surface area contributed by atoms with Crippen LogP contribution in [-0.2, 0) is 6.61 Å². The fourth-order valence-corrected chi connectivity index (χ4v) is 7.01. The van der Waals surface area contributed by atoms with Gasteiger partial charge in [-0.25, -0.2) is 9.37 Å². The summed E-state index contributed by atoms with van der Waals surface area (Å²) in [4.78, 5) is 30.8. The topological polar surface area (TPSA) is 86.8 Å². The second kappa shape index (κ2) is 15.1. The second-order valence-corrected chi connectivity index (χ2v) is 13.7. The lowest BCUT2D eigenvalue weighted by molar-refractivity contribution is 0.0889. The molecule has 7 nitrogen and oxygen atoms in total. The van der Waals surface area contributed by atoms with E-state index in [9.17, 15) is 14.0 Å². The number of ether oxygens (including phenoxy) is 3. The van der Waals surface area contributed by atoms with E-state index in [4.69, 9.17) is 14.2 Å². The summed E-state index contributed by atoms with van der Waals surface area (Å²) in [6.45, 7) is 1.03. The van der Waals surface area contributed by atoms with Crippen LogP contribution < -0.4 is 19.5 Å². The number of hydrogen-bond donors (Lipinski definition) is 1. The van der Waals surface area contributed by atoms with Crippen molar-refractivity contribution in [1.82, 2.24) is 10.3 Å². The fourth-order valence-electron chi connectivity index (χ4n) is 5.95. The zero-order valence-electron chi connectivity index (χ0n) is 25.5. The zero-order chi connectivity index (χ0) is 31.0. The summed E-state index contributed by atoms with van der Waals surface area (Å²) in [6.07, 6.45) is 8.67. The Morgan fingerprint density at radius 1 is 0.867 bits per heavy atom. The smallest absolute Gasteiger partial charge is 0.255 e. The Labute approximate surface area is 268 Å². The van der Waals surface area contributed by atoms with E-state index in [1.54, 1.807) is 6.07 Å². The number of rotatable bonds is 13. The van der Waals surface area contributed by atoms with Crippen molar-refractivity contribution in [3.05, 3.63) is 83.3 Å². The van der Waals surface area contributed by atoms with E-state index in [0.29, 0.717) is 42.6 Å². The summed E-state index contributed by atoms with van der Waals surface area (Å²) in [7, 11) is 0. The monoisotopic (exact) mass is 632 g/mol. The highest BCUT2D eigenvalue weighted by Gasteiger charge is 2.29. The molecule has 2 saturated carbocycles. The molecule has 0 atom stereocenters. The van der Waals surface area contributed by atoms with Gasteiger partial charge in [0.25, 0.3) is 5.91 Å². The number of carbonyl (C=O) groups is 2. The van der Waals surface area contributed by atoms with Crippen molar-refractivity contribution in [3.63, 3.8) is 0 Å². The van der Waals surface area contributed by atoms with Crippen molar-refractivity contribution in [2.45, 2.75) is 76.5 Å². The van der Waals surface area contributed by atoms with Crippen LogP contribution in [-0.4, -0.2) is 46.9 Å². The molecule has 9 heteroatoms. The molecule has 1 aromatic heterocycles. The molecule has 1 amide bonds. The predicted molar refractivity (Wildman–Crippen MR) is 173 cm³/mol. The van der Waals surface area contributed by atoms with Gasteiger partial charge in [-0.05, 0) is 98.5 Å². The number of Topliss-reactive ketones (excluding diaryl/α,β-unsaturated/α-hetero) is 1. The molecule has 1 saturated heterocycles. The number of carbonyl (C=O) groups excluding carboxylic acids is 2.